The van der Waals surface area contributed by atoms with Gasteiger partial charge in [-0.05, 0) is 17.7 Å². The molecule has 1 aliphatic heterocycles. The van der Waals surface area contributed by atoms with E-state index in [1.165, 1.54) is 7.05 Å². The standard InChI is InChI=1S/C19H19ClFN7O9/c1-27-7(15(30)31)2-6(26-27)3-19(16(32)33,17(34)35)36-4-8-11(29)9(21)14(37-8)28-5-23-10-12(22)24-18(20)25-13(10)28/h2,5,8-9,11,14,29H,3-4H2,1H3,(H,30,31)(H,32,33)(H,34,35)(H2,22,24,25)/t8-,9+,11-,14-/m1/s1. The highest BCUT2D eigenvalue weighted by Crippen LogP contribution is 2.35. The first-order valence-corrected chi connectivity index (χ1v) is 10.7. The van der Waals surface area contributed by atoms with Gasteiger partial charge in [0.1, 0.15) is 23.4 Å². The van der Waals surface area contributed by atoms with E-state index < -0.39 is 61.1 Å². The number of aliphatic hydroxyl groups is 1. The number of carboxylic acid groups (broad SMARTS) is 3. The Morgan fingerprint density at radius 3 is 2.54 bits per heavy atom. The molecular formula is C19H19ClFN7O9. The SMILES string of the molecule is Cn1nc(CC(OC[C@H]2O[C@@H](n3cnc4c(N)nc(Cl)nc43)[C@@H](F)[C@@H]2O)(C(=O)O)C(=O)O)cc1C(=O)O. The first kappa shape index (κ1) is 26.1. The third kappa shape index (κ3) is 4.52. The minimum Gasteiger partial charge on any atom is -0.479 e. The maximum atomic E-state index is 15.0. The molecule has 0 amide bonds. The van der Waals surface area contributed by atoms with E-state index in [9.17, 15) is 29.7 Å². The molecule has 1 aliphatic rings. The molecule has 37 heavy (non-hydrogen) atoms. The van der Waals surface area contributed by atoms with Crippen molar-refractivity contribution in [1.29, 1.82) is 0 Å². The number of hydrogen-bond donors (Lipinski definition) is 5. The van der Waals surface area contributed by atoms with Gasteiger partial charge in [-0.3, -0.25) is 9.25 Å². The fourth-order valence-electron chi connectivity index (χ4n) is 3.87. The Hall–Kier alpha value is -3.93. The van der Waals surface area contributed by atoms with Crippen LogP contribution in [0, 0.1) is 0 Å². The summed E-state index contributed by atoms with van der Waals surface area (Å²) < 4.78 is 27.8. The van der Waals surface area contributed by atoms with Gasteiger partial charge >= 0.3 is 17.9 Å². The zero-order valence-electron chi connectivity index (χ0n) is 18.7. The number of nitrogens with zero attached hydrogens (tertiary/aromatic N) is 6. The molecule has 0 aromatic carbocycles. The number of aromatic carboxylic acids is 1. The number of halogens is 2. The van der Waals surface area contributed by atoms with E-state index in [1.807, 2.05) is 0 Å². The molecule has 4 rings (SSSR count). The van der Waals surface area contributed by atoms with Gasteiger partial charge in [0.2, 0.25) is 5.28 Å². The van der Waals surface area contributed by atoms with Gasteiger partial charge in [-0.2, -0.15) is 15.1 Å². The molecule has 3 aromatic heterocycles. The van der Waals surface area contributed by atoms with E-state index in [0.717, 1.165) is 21.6 Å². The van der Waals surface area contributed by atoms with Crippen LogP contribution < -0.4 is 5.73 Å². The number of fused-ring (bicyclic) bond motifs is 1. The number of hydrogen-bond acceptors (Lipinski definition) is 11. The number of carboxylic acids is 3. The molecule has 0 bridgehead atoms. The number of aliphatic carboxylic acids is 2. The van der Waals surface area contributed by atoms with Crippen LogP contribution in [0.2, 0.25) is 5.28 Å². The Morgan fingerprint density at radius 2 is 1.95 bits per heavy atom. The first-order valence-electron chi connectivity index (χ1n) is 10.4. The number of aryl methyl sites for hydroxylation is 1. The Labute approximate surface area is 210 Å². The number of aromatic nitrogens is 6. The van der Waals surface area contributed by atoms with Crippen LogP contribution in [0.4, 0.5) is 10.2 Å². The van der Waals surface area contributed by atoms with Crippen LogP contribution in [0.25, 0.3) is 11.2 Å². The zero-order valence-corrected chi connectivity index (χ0v) is 19.5. The highest BCUT2D eigenvalue weighted by molar-refractivity contribution is 6.28. The Kier molecular flexibility index (Phi) is 6.72. The number of alkyl halides is 1. The van der Waals surface area contributed by atoms with E-state index in [2.05, 4.69) is 20.1 Å². The minimum absolute atomic E-state index is 0.00581. The summed E-state index contributed by atoms with van der Waals surface area (Å²) in [4.78, 5) is 46.9. The summed E-state index contributed by atoms with van der Waals surface area (Å²) in [6, 6.07) is 0.990. The summed E-state index contributed by atoms with van der Waals surface area (Å²) in [7, 11) is 1.27. The number of aliphatic hydroxyl groups excluding tert-OH is 1. The normalized spacial score (nSPS) is 21.9. The van der Waals surface area contributed by atoms with Crippen LogP contribution in [0.5, 0.6) is 0 Å². The highest BCUT2D eigenvalue weighted by Gasteiger charge is 2.52. The van der Waals surface area contributed by atoms with Gasteiger partial charge in [-0.1, -0.05) is 0 Å². The van der Waals surface area contributed by atoms with Crippen LogP contribution in [0.1, 0.15) is 22.4 Å². The van der Waals surface area contributed by atoms with Gasteiger partial charge in [0.25, 0.3) is 5.60 Å². The van der Waals surface area contributed by atoms with E-state index >= 15 is 4.39 Å². The average Bonchev–Trinajstić information content (AvgIpc) is 3.47. The molecule has 1 fully saturated rings. The van der Waals surface area contributed by atoms with Crippen molar-refractivity contribution in [3.8, 4) is 0 Å². The van der Waals surface area contributed by atoms with Gasteiger partial charge in [0.05, 0.1) is 18.6 Å². The zero-order chi connectivity index (χ0) is 27.2. The van der Waals surface area contributed by atoms with Crippen LogP contribution in [0.3, 0.4) is 0 Å². The van der Waals surface area contributed by atoms with Gasteiger partial charge < -0.3 is 35.6 Å². The van der Waals surface area contributed by atoms with E-state index in [0.29, 0.717) is 0 Å². The van der Waals surface area contributed by atoms with Crippen molar-refractivity contribution < 1.29 is 48.7 Å². The number of imidazole rings is 1. The van der Waals surface area contributed by atoms with Crippen molar-refractivity contribution in [2.75, 3.05) is 12.3 Å². The van der Waals surface area contributed by atoms with Crippen molar-refractivity contribution in [3.63, 3.8) is 0 Å². The number of ether oxygens (including phenoxy) is 2. The van der Waals surface area contributed by atoms with Gasteiger partial charge in [0.15, 0.2) is 23.9 Å². The van der Waals surface area contributed by atoms with Crippen molar-refractivity contribution in [2.45, 2.75) is 36.6 Å². The molecule has 4 atom stereocenters. The van der Waals surface area contributed by atoms with Crippen molar-refractivity contribution >= 4 is 46.5 Å². The summed E-state index contributed by atoms with van der Waals surface area (Å²) in [6.45, 7) is -0.875. The summed E-state index contributed by atoms with van der Waals surface area (Å²) in [6.07, 6.45) is -6.78. The number of rotatable bonds is 9. The van der Waals surface area contributed by atoms with Crippen molar-refractivity contribution in [3.05, 3.63) is 29.1 Å². The summed E-state index contributed by atoms with van der Waals surface area (Å²) in [5.74, 6) is -5.34. The monoisotopic (exact) mass is 543 g/mol. The molecule has 0 unspecified atom stereocenters. The van der Waals surface area contributed by atoms with E-state index in [1.54, 1.807) is 0 Å². The molecule has 0 radical (unpaired) electrons. The van der Waals surface area contributed by atoms with Crippen LogP contribution in [-0.4, -0.2) is 98.2 Å². The molecule has 0 saturated carbocycles. The molecule has 6 N–H and O–H groups in total. The van der Waals surface area contributed by atoms with Crippen molar-refractivity contribution in [2.24, 2.45) is 7.05 Å². The van der Waals surface area contributed by atoms with Crippen LogP contribution >= 0.6 is 11.6 Å². The number of nitrogens with two attached hydrogens (primary N) is 1. The predicted molar refractivity (Wildman–Crippen MR) is 117 cm³/mol. The average molecular weight is 544 g/mol. The fourth-order valence-corrected chi connectivity index (χ4v) is 4.04. The number of carbonyl (C=O) groups is 3. The third-order valence-corrected chi connectivity index (χ3v) is 5.92. The van der Waals surface area contributed by atoms with Gasteiger partial charge in [-0.25, -0.2) is 23.8 Å². The predicted octanol–water partition coefficient (Wildman–Crippen LogP) is -0.743. The molecule has 18 heteroatoms. The van der Waals surface area contributed by atoms with E-state index in [4.69, 9.17) is 31.9 Å². The topological polar surface area (TPSA) is 238 Å². The molecule has 16 nitrogen and oxygen atoms in total. The van der Waals surface area contributed by atoms with Gasteiger partial charge in [0, 0.05) is 13.5 Å². The molecular weight excluding hydrogens is 525 g/mol. The lowest BCUT2D eigenvalue weighted by atomic mass is 9.97. The lowest BCUT2D eigenvalue weighted by molar-refractivity contribution is -0.190. The fraction of sp³-hybridized carbons (Fsp3) is 0.421. The second kappa shape index (κ2) is 9.51. The van der Waals surface area contributed by atoms with Crippen LogP contribution in [-0.2, 0) is 32.5 Å². The quantitative estimate of drug-likeness (QED) is 0.165. The first-order chi connectivity index (χ1) is 17.4. The van der Waals surface area contributed by atoms with Gasteiger partial charge in [-0.15, -0.1) is 0 Å². The summed E-state index contributed by atoms with van der Waals surface area (Å²) in [5, 5.41) is 42.6. The van der Waals surface area contributed by atoms with Crippen LogP contribution in [0.15, 0.2) is 12.4 Å². The third-order valence-electron chi connectivity index (χ3n) is 5.75. The number of nitrogen functional groups attached to an aromatic ring is 1. The minimum atomic E-state index is -2.96. The molecule has 198 valence electrons. The lowest BCUT2D eigenvalue weighted by Gasteiger charge is -2.26. The van der Waals surface area contributed by atoms with E-state index in [-0.39, 0.29) is 33.7 Å². The molecule has 0 spiro atoms. The smallest absolute Gasteiger partial charge is 0.354 e. The second-order valence-corrected chi connectivity index (χ2v) is 8.41. The Morgan fingerprint density at radius 1 is 1.27 bits per heavy atom. The molecule has 1 saturated heterocycles. The Bertz CT molecular complexity index is 1380. The maximum Gasteiger partial charge on any atom is 0.354 e. The summed E-state index contributed by atoms with van der Waals surface area (Å²) in [5.41, 5.74) is 2.31. The lowest BCUT2D eigenvalue weighted by Crippen LogP contribution is -2.53. The second-order valence-electron chi connectivity index (χ2n) is 8.08. The molecule has 4 heterocycles. The molecule has 3 aromatic rings. The maximum absolute atomic E-state index is 15.0. The Balaban J connectivity index is 1.58. The van der Waals surface area contributed by atoms with Crippen molar-refractivity contribution in [1.82, 2.24) is 29.3 Å². The largest absolute Gasteiger partial charge is 0.479 e. The number of anilines is 1. The molecule has 0 aliphatic carbocycles. The highest BCUT2D eigenvalue weighted by atomic mass is 35.5. The summed E-state index contributed by atoms with van der Waals surface area (Å²) >= 11 is 5.81.